The number of amides is 1. The largest absolute Gasteiger partial charge is 0.493 e. The number of carboxylic acids is 1. The Labute approximate surface area is 290 Å². The maximum Gasteiger partial charge on any atom is 0.309 e. The van der Waals surface area contributed by atoms with Crippen LogP contribution in [0.15, 0.2) is 53.5 Å². The van der Waals surface area contributed by atoms with E-state index < -0.39 is 23.0 Å². The molecule has 0 aliphatic carbocycles. The third kappa shape index (κ3) is 7.97. The van der Waals surface area contributed by atoms with E-state index in [1.807, 2.05) is 61.7 Å². The number of aromatic nitrogens is 3. The van der Waals surface area contributed by atoms with Crippen LogP contribution in [-0.2, 0) is 14.3 Å². The lowest BCUT2D eigenvalue weighted by Crippen LogP contribution is -2.31. The number of carbonyl (C=O) groups is 2. The van der Waals surface area contributed by atoms with Gasteiger partial charge >= 0.3 is 5.97 Å². The maximum absolute atomic E-state index is 13.5. The van der Waals surface area contributed by atoms with Crippen molar-refractivity contribution in [2.24, 2.45) is 10.4 Å². The molecule has 10 nitrogen and oxygen atoms in total. The number of benzene rings is 2. The lowest BCUT2D eigenvalue weighted by atomic mass is 9.90. The van der Waals surface area contributed by atoms with E-state index in [2.05, 4.69) is 29.4 Å². The molecule has 0 bridgehead atoms. The number of fused-ring (bicyclic) bond motifs is 3. The lowest BCUT2D eigenvalue weighted by molar-refractivity contribution is -0.149. The summed E-state index contributed by atoms with van der Waals surface area (Å²) in [6.45, 7) is 14.2. The minimum atomic E-state index is -0.838. The monoisotopic (exact) mass is 691 g/mol. The molecule has 12 heteroatoms. The highest BCUT2D eigenvalue weighted by Gasteiger charge is 2.33. The van der Waals surface area contributed by atoms with Gasteiger partial charge in [-0.2, -0.15) is 0 Å². The molecular formula is C36H42ClN5O5S. The molecule has 1 aliphatic heterocycles. The minimum Gasteiger partial charge on any atom is -0.493 e. The first kappa shape index (κ1) is 35.3. The predicted octanol–water partition coefficient (Wildman–Crippen LogP) is 7.89. The van der Waals surface area contributed by atoms with Crippen molar-refractivity contribution in [1.82, 2.24) is 14.8 Å². The summed E-state index contributed by atoms with van der Waals surface area (Å²) in [7, 11) is 0. The van der Waals surface area contributed by atoms with Gasteiger partial charge in [-0.3, -0.25) is 19.1 Å². The number of hydrogen-bond acceptors (Lipinski definition) is 8. The van der Waals surface area contributed by atoms with Crippen molar-refractivity contribution in [2.75, 3.05) is 18.5 Å². The first-order valence-corrected chi connectivity index (χ1v) is 17.1. The highest BCUT2D eigenvalue weighted by Crippen LogP contribution is 2.39. The topological polar surface area (TPSA) is 128 Å². The van der Waals surface area contributed by atoms with Crippen LogP contribution >= 0.6 is 22.9 Å². The molecule has 2 N–H and O–H groups in total. The van der Waals surface area contributed by atoms with E-state index in [0.29, 0.717) is 48.3 Å². The quantitative estimate of drug-likeness (QED) is 0.146. The Morgan fingerprint density at radius 3 is 2.33 bits per heavy atom. The summed E-state index contributed by atoms with van der Waals surface area (Å²) < 4.78 is 13.9. The first-order valence-electron chi connectivity index (χ1n) is 15.9. The molecule has 5 rings (SSSR count). The van der Waals surface area contributed by atoms with Crippen LogP contribution in [0, 0.1) is 26.2 Å². The van der Waals surface area contributed by atoms with Crippen LogP contribution in [0.5, 0.6) is 5.75 Å². The highest BCUT2D eigenvalue weighted by atomic mass is 35.5. The van der Waals surface area contributed by atoms with Gasteiger partial charge in [0, 0.05) is 39.7 Å². The Bertz CT molecular complexity index is 1830. The predicted molar refractivity (Wildman–Crippen MR) is 189 cm³/mol. The molecule has 48 heavy (non-hydrogen) atoms. The number of aliphatic carboxylic acids is 1. The molecule has 0 unspecified atom stereocenters. The average molecular weight is 692 g/mol. The summed E-state index contributed by atoms with van der Waals surface area (Å²) in [5.74, 6) is 0.976. The van der Waals surface area contributed by atoms with Crippen molar-refractivity contribution < 1.29 is 24.2 Å². The number of nitrogens with zero attached hydrogens (tertiary/aromatic N) is 4. The molecule has 0 saturated heterocycles. The smallest absolute Gasteiger partial charge is 0.309 e. The van der Waals surface area contributed by atoms with E-state index >= 15 is 0 Å². The maximum atomic E-state index is 13.5. The normalized spacial score (nSPS) is 14.5. The molecule has 254 valence electrons. The summed E-state index contributed by atoms with van der Waals surface area (Å²) in [5.41, 5.74) is 3.18. The Kier molecular flexibility index (Phi) is 10.4. The summed E-state index contributed by atoms with van der Waals surface area (Å²) >= 11 is 7.88. The summed E-state index contributed by atoms with van der Waals surface area (Å²) in [6.07, 6.45) is 1.11. The van der Waals surface area contributed by atoms with Crippen molar-refractivity contribution in [3.63, 3.8) is 0 Å². The zero-order chi connectivity index (χ0) is 34.8. The standard InChI is InChI=1S/C36H42ClN5O5S/c1-21-22(2)48-33-30(21)31(24-8-10-25(37)11-9-24)39-28(32-41-40-23(3)42(32)33)20-29(43)38-26-12-14-27(15-13-26)46-18-17-36(6,7)47-19-16-35(4,5)34(44)45/h8-15,28H,16-20H2,1-7H3,(H,38,43)(H,44,45)/t28-/m0/s1. The zero-order valence-corrected chi connectivity index (χ0v) is 30.0. The van der Waals surface area contributed by atoms with Crippen molar-refractivity contribution in [1.29, 1.82) is 0 Å². The Morgan fingerprint density at radius 1 is 0.979 bits per heavy atom. The fourth-order valence-corrected chi connectivity index (χ4v) is 6.67. The second-order valence-electron chi connectivity index (χ2n) is 13.3. The zero-order valence-electron chi connectivity index (χ0n) is 28.4. The van der Waals surface area contributed by atoms with Gasteiger partial charge in [-0.1, -0.05) is 23.7 Å². The number of thiophene rings is 1. The van der Waals surface area contributed by atoms with E-state index in [9.17, 15) is 14.7 Å². The number of ether oxygens (including phenoxy) is 2. The van der Waals surface area contributed by atoms with E-state index in [-0.39, 0.29) is 12.3 Å². The molecule has 0 radical (unpaired) electrons. The molecule has 2 aromatic carbocycles. The van der Waals surface area contributed by atoms with Gasteiger partial charge in [0.05, 0.1) is 29.8 Å². The van der Waals surface area contributed by atoms with Crippen LogP contribution in [0.3, 0.4) is 0 Å². The second kappa shape index (κ2) is 14.2. The van der Waals surface area contributed by atoms with Gasteiger partial charge in [-0.25, -0.2) is 0 Å². The fourth-order valence-electron chi connectivity index (χ4n) is 5.33. The number of nitrogens with one attached hydrogen (secondary N) is 1. The average Bonchev–Trinajstić information content (AvgIpc) is 3.50. The van der Waals surface area contributed by atoms with Gasteiger partial charge in [0.25, 0.3) is 0 Å². The van der Waals surface area contributed by atoms with Crippen LogP contribution in [0.25, 0.3) is 5.00 Å². The van der Waals surface area contributed by atoms with Crippen molar-refractivity contribution >= 4 is 46.2 Å². The number of anilines is 1. The number of aryl methyl sites for hydroxylation is 2. The number of hydrogen-bond donors (Lipinski definition) is 2. The first-order chi connectivity index (χ1) is 22.6. The Morgan fingerprint density at radius 2 is 1.67 bits per heavy atom. The molecule has 0 saturated carbocycles. The van der Waals surface area contributed by atoms with E-state index in [1.54, 1.807) is 37.3 Å². The third-order valence-electron chi connectivity index (χ3n) is 8.65. The summed E-state index contributed by atoms with van der Waals surface area (Å²) in [4.78, 5) is 31.1. The van der Waals surface area contributed by atoms with E-state index in [4.69, 9.17) is 26.1 Å². The van der Waals surface area contributed by atoms with Crippen LogP contribution in [0.1, 0.15) is 86.2 Å². The Hall–Kier alpha value is -4.06. The number of halogens is 1. The summed E-state index contributed by atoms with van der Waals surface area (Å²) in [6, 6.07) is 14.2. The molecule has 0 fully saturated rings. The third-order valence-corrected chi connectivity index (χ3v) is 10.1. The van der Waals surface area contributed by atoms with Crippen molar-refractivity contribution in [3.8, 4) is 10.8 Å². The number of carboxylic acid groups (broad SMARTS) is 1. The number of aliphatic imine (C=N–C) groups is 1. The van der Waals surface area contributed by atoms with Gasteiger partial charge in [0.1, 0.15) is 22.6 Å². The van der Waals surface area contributed by atoms with Crippen LogP contribution in [0.2, 0.25) is 5.02 Å². The molecule has 3 heterocycles. The molecule has 1 aliphatic rings. The molecule has 2 aromatic heterocycles. The number of carbonyl (C=O) groups excluding carboxylic acids is 1. The van der Waals surface area contributed by atoms with Gasteiger partial charge in [-0.15, -0.1) is 21.5 Å². The molecule has 4 aromatic rings. The van der Waals surface area contributed by atoms with Crippen molar-refractivity contribution in [3.05, 3.63) is 86.8 Å². The van der Waals surface area contributed by atoms with Crippen molar-refractivity contribution in [2.45, 2.75) is 79.4 Å². The number of rotatable bonds is 13. The van der Waals surface area contributed by atoms with Gasteiger partial charge < -0.3 is 19.9 Å². The minimum absolute atomic E-state index is 0.0686. The van der Waals surface area contributed by atoms with Crippen LogP contribution in [-0.4, -0.2) is 56.3 Å². The SMILES string of the molecule is Cc1sc2c(c1C)C(c1ccc(Cl)cc1)=N[C@@H](CC(=O)Nc1ccc(OCCC(C)(C)OCCC(C)(C)C(=O)O)cc1)c1nnc(C)n1-2. The van der Waals surface area contributed by atoms with E-state index in [1.165, 1.54) is 4.88 Å². The van der Waals surface area contributed by atoms with Crippen LogP contribution < -0.4 is 10.1 Å². The van der Waals surface area contributed by atoms with Gasteiger partial charge in [0.2, 0.25) is 5.91 Å². The summed E-state index contributed by atoms with van der Waals surface area (Å²) in [5, 5.41) is 22.8. The lowest BCUT2D eigenvalue weighted by Gasteiger charge is -2.27. The second-order valence-corrected chi connectivity index (χ2v) is 15.0. The van der Waals surface area contributed by atoms with Gasteiger partial charge in [-0.05, 0) is 96.8 Å². The molecule has 1 atom stereocenters. The highest BCUT2D eigenvalue weighted by molar-refractivity contribution is 7.15. The molecule has 0 spiro atoms. The Balaban J connectivity index is 1.25. The van der Waals surface area contributed by atoms with Gasteiger partial charge in [0.15, 0.2) is 5.82 Å². The fraction of sp³-hybridized carbons (Fsp3) is 0.417. The van der Waals surface area contributed by atoms with E-state index in [0.717, 1.165) is 33.2 Å². The van der Waals surface area contributed by atoms with Crippen LogP contribution in [0.4, 0.5) is 5.69 Å². The molecule has 1 amide bonds. The molecular weight excluding hydrogens is 650 g/mol.